The van der Waals surface area contributed by atoms with Crippen molar-refractivity contribution in [1.29, 1.82) is 0 Å². The van der Waals surface area contributed by atoms with Gasteiger partial charge in [-0.2, -0.15) is 0 Å². The lowest BCUT2D eigenvalue weighted by Crippen LogP contribution is -2.40. The number of rotatable bonds is 6. The number of methoxy groups -OCH3 is 1. The van der Waals surface area contributed by atoms with Crippen LogP contribution < -0.4 is 0 Å². The molecule has 5 nitrogen and oxygen atoms in total. The molecule has 0 radical (unpaired) electrons. The van der Waals surface area contributed by atoms with E-state index in [4.69, 9.17) is 4.74 Å². The van der Waals surface area contributed by atoms with E-state index in [2.05, 4.69) is 45.0 Å². The average molecular weight is 360 g/mol. The Bertz CT molecular complexity index is 605. The van der Waals surface area contributed by atoms with Crippen LogP contribution in [0.15, 0.2) is 24.3 Å². The van der Waals surface area contributed by atoms with Crippen molar-refractivity contribution in [2.75, 3.05) is 39.9 Å². The van der Waals surface area contributed by atoms with Crippen LogP contribution in [-0.2, 0) is 26.2 Å². The first-order chi connectivity index (χ1) is 12.3. The van der Waals surface area contributed by atoms with Crippen LogP contribution in [0.25, 0.3) is 0 Å². The zero-order chi connectivity index (χ0) is 19.2. The molecular formula is C21H32N2O3. The van der Waals surface area contributed by atoms with Crippen molar-refractivity contribution in [1.82, 2.24) is 9.80 Å². The summed E-state index contributed by atoms with van der Waals surface area (Å²) in [5.74, 6) is 0.0780. The minimum atomic E-state index is 0.0161. The van der Waals surface area contributed by atoms with Crippen LogP contribution in [0.2, 0.25) is 0 Å². The van der Waals surface area contributed by atoms with Gasteiger partial charge in [-0.15, -0.1) is 0 Å². The van der Waals surface area contributed by atoms with E-state index in [0.717, 1.165) is 12.0 Å². The van der Waals surface area contributed by atoms with Crippen LogP contribution >= 0.6 is 0 Å². The predicted octanol–water partition coefficient (Wildman–Crippen LogP) is 2.62. The van der Waals surface area contributed by atoms with E-state index in [0.29, 0.717) is 39.1 Å². The fraction of sp³-hybridized carbons (Fsp3) is 0.619. The summed E-state index contributed by atoms with van der Waals surface area (Å²) in [5, 5.41) is 0. The molecule has 2 amide bonds. The van der Waals surface area contributed by atoms with Gasteiger partial charge < -0.3 is 14.5 Å². The van der Waals surface area contributed by atoms with Gasteiger partial charge in [0.15, 0.2) is 0 Å². The molecule has 1 heterocycles. The molecule has 5 heteroatoms. The fourth-order valence-electron chi connectivity index (χ4n) is 3.15. The number of hydrogen-bond donors (Lipinski definition) is 0. The molecule has 1 aliphatic heterocycles. The maximum atomic E-state index is 12.5. The molecule has 1 fully saturated rings. The third-order valence-electron chi connectivity index (χ3n) is 4.90. The Morgan fingerprint density at radius 1 is 1.15 bits per heavy atom. The molecule has 0 N–H and O–H groups in total. The van der Waals surface area contributed by atoms with Crippen LogP contribution in [-0.4, -0.2) is 61.5 Å². The molecule has 0 atom stereocenters. The predicted molar refractivity (Wildman–Crippen MR) is 103 cm³/mol. The van der Waals surface area contributed by atoms with E-state index in [1.165, 1.54) is 5.56 Å². The van der Waals surface area contributed by atoms with Gasteiger partial charge in [-0.25, -0.2) is 0 Å². The molecule has 0 aliphatic carbocycles. The van der Waals surface area contributed by atoms with E-state index in [-0.39, 0.29) is 23.8 Å². The van der Waals surface area contributed by atoms with Gasteiger partial charge in [-0.1, -0.05) is 45.0 Å². The monoisotopic (exact) mass is 360 g/mol. The molecule has 1 aliphatic rings. The Kier molecular flexibility index (Phi) is 7.21. The second-order valence-electron chi connectivity index (χ2n) is 7.99. The highest BCUT2D eigenvalue weighted by Crippen LogP contribution is 2.22. The lowest BCUT2D eigenvalue weighted by molar-refractivity contribution is -0.138. The quantitative estimate of drug-likeness (QED) is 0.784. The van der Waals surface area contributed by atoms with Crippen molar-refractivity contribution in [2.45, 2.75) is 45.4 Å². The van der Waals surface area contributed by atoms with Gasteiger partial charge in [0, 0.05) is 33.2 Å². The van der Waals surface area contributed by atoms with Crippen molar-refractivity contribution >= 4 is 11.8 Å². The SMILES string of the molecule is COCCN1CCCN(C(=O)CCc2ccc(C(C)(C)C)cc2)CC1=O. The fourth-order valence-corrected chi connectivity index (χ4v) is 3.15. The molecule has 0 unspecified atom stereocenters. The van der Waals surface area contributed by atoms with Crippen molar-refractivity contribution in [3.05, 3.63) is 35.4 Å². The second-order valence-corrected chi connectivity index (χ2v) is 7.99. The summed E-state index contributed by atoms with van der Waals surface area (Å²) in [6.07, 6.45) is 1.98. The smallest absolute Gasteiger partial charge is 0.242 e. The van der Waals surface area contributed by atoms with Gasteiger partial charge in [-0.3, -0.25) is 9.59 Å². The van der Waals surface area contributed by atoms with Gasteiger partial charge in [0.05, 0.1) is 13.2 Å². The standard InChI is InChI=1S/C21H32N2O3/c1-21(2,3)18-9-6-17(7-10-18)8-11-19(24)23-13-5-12-22(14-15-26-4)20(25)16-23/h6-7,9-10H,5,8,11-16H2,1-4H3. The first kappa shape index (κ1) is 20.4. The van der Waals surface area contributed by atoms with Gasteiger partial charge in [0.25, 0.3) is 0 Å². The highest BCUT2D eigenvalue weighted by atomic mass is 16.5. The number of nitrogens with zero attached hydrogens (tertiary/aromatic N) is 2. The van der Waals surface area contributed by atoms with Crippen molar-refractivity contribution < 1.29 is 14.3 Å². The van der Waals surface area contributed by atoms with Crippen molar-refractivity contribution in [3.8, 4) is 0 Å². The largest absolute Gasteiger partial charge is 0.383 e. The minimum absolute atomic E-state index is 0.0161. The number of carbonyl (C=O) groups excluding carboxylic acids is 2. The maximum Gasteiger partial charge on any atom is 0.242 e. The molecule has 1 aromatic rings. The summed E-state index contributed by atoms with van der Waals surface area (Å²) in [4.78, 5) is 28.4. The van der Waals surface area contributed by atoms with Gasteiger partial charge >= 0.3 is 0 Å². The average Bonchev–Trinajstić information content (AvgIpc) is 2.79. The topological polar surface area (TPSA) is 49.9 Å². The zero-order valence-electron chi connectivity index (χ0n) is 16.6. The Morgan fingerprint density at radius 3 is 2.46 bits per heavy atom. The van der Waals surface area contributed by atoms with E-state index in [1.807, 2.05) is 0 Å². The molecule has 26 heavy (non-hydrogen) atoms. The number of amides is 2. The zero-order valence-corrected chi connectivity index (χ0v) is 16.6. The second kappa shape index (κ2) is 9.17. The minimum Gasteiger partial charge on any atom is -0.383 e. The molecule has 144 valence electrons. The van der Waals surface area contributed by atoms with Crippen LogP contribution in [0, 0.1) is 0 Å². The van der Waals surface area contributed by atoms with Crippen molar-refractivity contribution in [3.63, 3.8) is 0 Å². The van der Waals surface area contributed by atoms with E-state index < -0.39 is 0 Å². The molecule has 0 spiro atoms. The molecular weight excluding hydrogens is 328 g/mol. The lowest BCUT2D eigenvalue weighted by atomic mass is 9.86. The van der Waals surface area contributed by atoms with E-state index in [1.54, 1.807) is 16.9 Å². The molecule has 0 aromatic heterocycles. The van der Waals surface area contributed by atoms with Crippen LogP contribution in [0.4, 0.5) is 0 Å². The maximum absolute atomic E-state index is 12.5. The lowest BCUT2D eigenvalue weighted by Gasteiger charge is -2.22. The Labute approximate surface area is 157 Å². The first-order valence-electron chi connectivity index (χ1n) is 9.45. The number of benzene rings is 1. The highest BCUT2D eigenvalue weighted by Gasteiger charge is 2.24. The van der Waals surface area contributed by atoms with Crippen LogP contribution in [0.1, 0.15) is 44.7 Å². The van der Waals surface area contributed by atoms with Crippen molar-refractivity contribution in [2.24, 2.45) is 0 Å². The summed E-state index contributed by atoms with van der Waals surface area (Å²) in [5.41, 5.74) is 2.59. The Morgan fingerprint density at radius 2 is 1.85 bits per heavy atom. The number of carbonyl (C=O) groups is 2. The number of ether oxygens (including phenoxy) is 1. The third kappa shape index (κ3) is 5.84. The van der Waals surface area contributed by atoms with Crippen LogP contribution in [0.3, 0.4) is 0 Å². The Balaban J connectivity index is 1.86. The molecule has 2 rings (SSSR count). The molecule has 0 bridgehead atoms. The number of hydrogen-bond acceptors (Lipinski definition) is 3. The highest BCUT2D eigenvalue weighted by molar-refractivity contribution is 5.85. The normalized spacial score (nSPS) is 15.9. The van der Waals surface area contributed by atoms with E-state index >= 15 is 0 Å². The van der Waals surface area contributed by atoms with E-state index in [9.17, 15) is 9.59 Å². The molecule has 1 saturated heterocycles. The summed E-state index contributed by atoms with van der Waals surface area (Å²) in [6, 6.07) is 8.49. The molecule has 1 aromatic carbocycles. The third-order valence-corrected chi connectivity index (χ3v) is 4.90. The molecule has 0 saturated carbocycles. The van der Waals surface area contributed by atoms with Gasteiger partial charge in [0.2, 0.25) is 11.8 Å². The summed E-state index contributed by atoms with van der Waals surface area (Å²) in [6.45, 7) is 9.23. The summed E-state index contributed by atoms with van der Waals surface area (Å²) < 4.78 is 5.05. The first-order valence-corrected chi connectivity index (χ1v) is 9.45. The van der Waals surface area contributed by atoms with Gasteiger partial charge in [0.1, 0.15) is 0 Å². The van der Waals surface area contributed by atoms with Gasteiger partial charge in [-0.05, 0) is 29.4 Å². The number of aryl methyl sites for hydroxylation is 1. The summed E-state index contributed by atoms with van der Waals surface area (Å²) >= 11 is 0. The summed E-state index contributed by atoms with van der Waals surface area (Å²) in [7, 11) is 1.63. The van der Waals surface area contributed by atoms with Crippen LogP contribution in [0.5, 0.6) is 0 Å². The Hall–Kier alpha value is -1.88.